The second kappa shape index (κ2) is 4.50. The fourth-order valence-corrected chi connectivity index (χ4v) is 2.88. The predicted octanol–water partition coefficient (Wildman–Crippen LogP) is 1.18. The molecule has 4 heteroatoms. The van der Waals surface area contributed by atoms with E-state index in [1.807, 2.05) is 13.8 Å². The molecule has 1 saturated heterocycles. The Morgan fingerprint density at radius 2 is 1.89 bits per heavy atom. The molecular formula is C14H22N2O2. The number of piperidine rings is 1. The molecule has 2 unspecified atom stereocenters. The van der Waals surface area contributed by atoms with Crippen molar-refractivity contribution in [2.75, 3.05) is 19.6 Å². The molecule has 1 N–H and O–H groups in total. The fraction of sp³-hybridized carbons (Fsp3) is 0.714. The maximum absolute atomic E-state index is 12.1. The number of carbonyl (C=O) groups excluding carboxylic acids is 2. The molecule has 0 spiro atoms. The predicted molar refractivity (Wildman–Crippen MR) is 69.8 cm³/mol. The molecule has 100 valence electrons. The summed E-state index contributed by atoms with van der Waals surface area (Å²) in [5.41, 5.74) is 0.774. The molecule has 2 fully saturated rings. The first-order chi connectivity index (χ1) is 8.41. The summed E-state index contributed by atoms with van der Waals surface area (Å²) in [5, 5.41) is 3.23. The summed E-state index contributed by atoms with van der Waals surface area (Å²) in [7, 11) is 0. The van der Waals surface area contributed by atoms with Gasteiger partial charge in [-0.2, -0.15) is 0 Å². The summed E-state index contributed by atoms with van der Waals surface area (Å²) in [4.78, 5) is 25.5. The smallest absolute Gasteiger partial charge is 0.233 e. The summed E-state index contributed by atoms with van der Waals surface area (Å²) in [6.45, 7) is 12.0. The normalized spacial score (nSPS) is 28.5. The van der Waals surface area contributed by atoms with E-state index >= 15 is 0 Å². The SMILES string of the molecule is C=C(CNCCC)CN1C(=O)C2C(C1=O)C2(C)C. The molecule has 4 nitrogen and oxygen atoms in total. The quantitative estimate of drug-likeness (QED) is 0.437. The van der Waals surface area contributed by atoms with Crippen LogP contribution in [-0.2, 0) is 9.59 Å². The molecule has 1 aliphatic carbocycles. The van der Waals surface area contributed by atoms with E-state index < -0.39 is 0 Å². The van der Waals surface area contributed by atoms with Crippen LogP contribution >= 0.6 is 0 Å². The van der Waals surface area contributed by atoms with Gasteiger partial charge in [0.2, 0.25) is 11.8 Å². The number of nitrogens with zero attached hydrogens (tertiary/aromatic N) is 1. The first kappa shape index (κ1) is 13.3. The van der Waals surface area contributed by atoms with Crippen LogP contribution in [0.3, 0.4) is 0 Å². The van der Waals surface area contributed by atoms with E-state index in [1.165, 1.54) is 4.90 Å². The minimum absolute atomic E-state index is 0.00774. The molecule has 2 rings (SSSR count). The minimum Gasteiger partial charge on any atom is -0.313 e. The second-order valence-electron chi connectivity index (χ2n) is 5.97. The zero-order valence-electron chi connectivity index (χ0n) is 11.5. The van der Waals surface area contributed by atoms with E-state index in [4.69, 9.17) is 0 Å². The zero-order valence-corrected chi connectivity index (χ0v) is 11.5. The molecule has 1 heterocycles. The van der Waals surface area contributed by atoms with Crippen LogP contribution in [0, 0.1) is 17.3 Å². The topological polar surface area (TPSA) is 49.4 Å². The van der Waals surface area contributed by atoms with E-state index in [9.17, 15) is 9.59 Å². The molecule has 2 atom stereocenters. The Kier molecular flexibility index (Phi) is 3.32. The Morgan fingerprint density at radius 3 is 2.39 bits per heavy atom. The van der Waals surface area contributed by atoms with Gasteiger partial charge in [0.15, 0.2) is 0 Å². The van der Waals surface area contributed by atoms with Gasteiger partial charge in [0.1, 0.15) is 0 Å². The molecule has 1 saturated carbocycles. The van der Waals surface area contributed by atoms with E-state index in [2.05, 4.69) is 18.8 Å². The van der Waals surface area contributed by atoms with Crippen molar-refractivity contribution in [1.82, 2.24) is 10.2 Å². The van der Waals surface area contributed by atoms with E-state index in [-0.39, 0.29) is 29.1 Å². The summed E-state index contributed by atoms with van der Waals surface area (Å²) >= 11 is 0. The van der Waals surface area contributed by atoms with Crippen LogP contribution in [0.15, 0.2) is 12.2 Å². The molecule has 0 aromatic carbocycles. The van der Waals surface area contributed by atoms with Crippen molar-refractivity contribution in [1.29, 1.82) is 0 Å². The van der Waals surface area contributed by atoms with Gasteiger partial charge in [-0.25, -0.2) is 0 Å². The van der Waals surface area contributed by atoms with Crippen LogP contribution < -0.4 is 5.32 Å². The number of imide groups is 1. The highest BCUT2D eigenvalue weighted by Gasteiger charge is 2.72. The number of hydrogen-bond acceptors (Lipinski definition) is 3. The molecule has 18 heavy (non-hydrogen) atoms. The summed E-state index contributed by atoms with van der Waals surface area (Å²) in [6, 6.07) is 0. The summed E-state index contributed by atoms with van der Waals surface area (Å²) in [6.07, 6.45) is 1.06. The number of nitrogens with one attached hydrogen (secondary N) is 1. The average Bonchev–Trinajstić information content (AvgIpc) is 2.77. The number of fused-ring (bicyclic) bond motifs is 1. The van der Waals surface area contributed by atoms with Crippen LogP contribution in [0.25, 0.3) is 0 Å². The molecule has 0 bridgehead atoms. The second-order valence-corrected chi connectivity index (χ2v) is 5.97. The van der Waals surface area contributed by atoms with Crippen molar-refractivity contribution in [3.8, 4) is 0 Å². The van der Waals surface area contributed by atoms with Crippen LogP contribution in [0.5, 0.6) is 0 Å². The van der Waals surface area contributed by atoms with Crippen molar-refractivity contribution < 1.29 is 9.59 Å². The van der Waals surface area contributed by atoms with Crippen LogP contribution in [0.1, 0.15) is 27.2 Å². The van der Waals surface area contributed by atoms with E-state index in [0.29, 0.717) is 13.1 Å². The Bertz CT molecular complexity index is 377. The van der Waals surface area contributed by atoms with Crippen molar-refractivity contribution in [3.05, 3.63) is 12.2 Å². The lowest BCUT2D eigenvalue weighted by Gasteiger charge is -2.21. The third-order valence-electron chi connectivity index (χ3n) is 4.08. The monoisotopic (exact) mass is 250 g/mol. The number of rotatable bonds is 6. The van der Waals surface area contributed by atoms with Gasteiger partial charge in [0, 0.05) is 6.54 Å². The van der Waals surface area contributed by atoms with Crippen molar-refractivity contribution in [3.63, 3.8) is 0 Å². The first-order valence-corrected chi connectivity index (χ1v) is 6.63. The number of likely N-dealkylation sites (tertiary alicyclic amines) is 1. The number of amides is 2. The third-order valence-corrected chi connectivity index (χ3v) is 4.08. The molecule has 2 amide bonds. The van der Waals surface area contributed by atoms with Gasteiger partial charge in [0.05, 0.1) is 18.4 Å². The van der Waals surface area contributed by atoms with Crippen molar-refractivity contribution in [2.45, 2.75) is 27.2 Å². The number of carbonyl (C=O) groups is 2. The zero-order chi connectivity index (χ0) is 13.5. The summed E-state index contributed by atoms with van der Waals surface area (Å²) in [5.74, 6) is -0.180. The number of hydrogen-bond donors (Lipinski definition) is 1. The largest absolute Gasteiger partial charge is 0.313 e. The summed E-state index contributed by atoms with van der Waals surface area (Å²) < 4.78 is 0. The lowest BCUT2D eigenvalue weighted by Crippen LogP contribution is -2.38. The Morgan fingerprint density at radius 1 is 1.33 bits per heavy atom. The van der Waals surface area contributed by atoms with E-state index in [1.54, 1.807) is 0 Å². The Labute approximate surface area is 108 Å². The van der Waals surface area contributed by atoms with E-state index in [0.717, 1.165) is 18.5 Å². The molecule has 1 aliphatic heterocycles. The van der Waals surface area contributed by atoms with Crippen LogP contribution in [0.2, 0.25) is 0 Å². The molecule has 2 aliphatic rings. The lowest BCUT2D eigenvalue weighted by molar-refractivity contribution is -0.142. The molecule has 0 aromatic heterocycles. The van der Waals surface area contributed by atoms with Gasteiger partial charge in [-0.05, 0) is 24.0 Å². The van der Waals surface area contributed by atoms with Crippen molar-refractivity contribution in [2.24, 2.45) is 17.3 Å². The Balaban J connectivity index is 1.87. The molecule has 0 radical (unpaired) electrons. The van der Waals surface area contributed by atoms with Crippen LogP contribution in [-0.4, -0.2) is 36.3 Å². The Hall–Kier alpha value is -1.16. The molecular weight excluding hydrogens is 228 g/mol. The van der Waals surface area contributed by atoms with Gasteiger partial charge >= 0.3 is 0 Å². The van der Waals surface area contributed by atoms with Crippen LogP contribution in [0.4, 0.5) is 0 Å². The van der Waals surface area contributed by atoms with Gasteiger partial charge in [0.25, 0.3) is 0 Å². The highest BCUT2D eigenvalue weighted by molar-refractivity contribution is 6.10. The standard InChI is InChI=1S/C14H22N2O2/c1-5-6-15-7-9(2)8-16-12(17)10-11(13(16)18)14(10,3)4/h10-11,15H,2,5-8H2,1,3-4H3. The first-order valence-electron chi connectivity index (χ1n) is 6.63. The van der Waals surface area contributed by atoms with Crippen molar-refractivity contribution >= 4 is 11.8 Å². The maximum Gasteiger partial charge on any atom is 0.233 e. The minimum atomic E-state index is -0.119. The van der Waals surface area contributed by atoms with Gasteiger partial charge in [-0.15, -0.1) is 0 Å². The average molecular weight is 250 g/mol. The molecule has 0 aromatic rings. The fourth-order valence-electron chi connectivity index (χ4n) is 2.88. The van der Waals surface area contributed by atoms with Gasteiger partial charge in [-0.3, -0.25) is 14.5 Å². The highest BCUT2D eigenvalue weighted by Crippen LogP contribution is 2.63. The lowest BCUT2D eigenvalue weighted by atomic mass is 10.1. The maximum atomic E-state index is 12.1. The third kappa shape index (κ3) is 1.99. The van der Waals surface area contributed by atoms with Gasteiger partial charge < -0.3 is 5.32 Å². The van der Waals surface area contributed by atoms with Gasteiger partial charge in [-0.1, -0.05) is 27.4 Å². The highest BCUT2D eigenvalue weighted by atomic mass is 16.2.